The summed E-state index contributed by atoms with van der Waals surface area (Å²) in [6, 6.07) is 7.79. The molecule has 3 rings (SSSR count). The van der Waals surface area contributed by atoms with E-state index in [0.717, 1.165) is 40.9 Å². The van der Waals surface area contributed by atoms with Crippen molar-refractivity contribution in [3.8, 4) is 0 Å². The smallest absolute Gasteiger partial charge is 0.0556 e. The summed E-state index contributed by atoms with van der Waals surface area (Å²) in [5.74, 6) is 1.63. The van der Waals surface area contributed by atoms with Gasteiger partial charge in [0.05, 0.1) is 5.02 Å². The maximum atomic E-state index is 6.25. The lowest BCUT2D eigenvalue weighted by molar-refractivity contribution is 0.268. The molecule has 0 unspecified atom stereocenters. The van der Waals surface area contributed by atoms with Crippen molar-refractivity contribution in [1.82, 2.24) is 9.88 Å². The van der Waals surface area contributed by atoms with Crippen molar-refractivity contribution in [2.45, 2.75) is 30.4 Å². The van der Waals surface area contributed by atoms with Crippen molar-refractivity contribution in [2.75, 3.05) is 13.1 Å². The fourth-order valence-electron chi connectivity index (χ4n) is 2.94. The Bertz CT molecular complexity index is 755. The van der Waals surface area contributed by atoms with Crippen LogP contribution in [0.25, 0.3) is 5.70 Å². The summed E-state index contributed by atoms with van der Waals surface area (Å²) in [5, 5.41) is 1.35. The Kier molecular flexibility index (Phi) is 6.32. The molecule has 1 aliphatic rings. The third-order valence-electron chi connectivity index (χ3n) is 4.58. The van der Waals surface area contributed by atoms with E-state index in [1.165, 1.54) is 18.4 Å². The van der Waals surface area contributed by atoms with Crippen molar-refractivity contribution in [1.29, 1.82) is 0 Å². The van der Waals surface area contributed by atoms with E-state index in [1.807, 2.05) is 24.5 Å². The number of thioether (sulfide) groups is 1. The highest BCUT2D eigenvalue weighted by atomic mass is 35.5. The van der Waals surface area contributed by atoms with Gasteiger partial charge in [0.1, 0.15) is 0 Å². The largest absolute Gasteiger partial charge is 0.371 e. The highest BCUT2D eigenvalue weighted by molar-refractivity contribution is 7.98. The molecule has 0 saturated carbocycles. The van der Waals surface area contributed by atoms with Gasteiger partial charge in [-0.2, -0.15) is 0 Å². The molecular weight excluding hydrogens is 371 g/mol. The van der Waals surface area contributed by atoms with Crippen molar-refractivity contribution in [2.24, 2.45) is 5.92 Å². The van der Waals surface area contributed by atoms with Crippen LogP contribution < -0.4 is 0 Å². The van der Waals surface area contributed by atoms with Crippen LogP contribution in [0.2, 0.25) is 10.0 Å². The molecule has 0 radical (unpaired) electrons. The van der Waals surface area contributed by atoms with Crippen LogP contribution in [-0.4, -0.2) is 23.0 Å². The Labute approximate surface area is 164 Å². The van der Waals surface area contributed by atoms with E-state index in [1.54, 1.807) is 17.8 Å². The first-order valence-electron chi connectivity index (χ1n) is 8.49. The molecule has 2 aromatic rings. The zero-order valence-corrected chi connectivity index (χ0v) is 16.7. The van der Waals surface area contributed by atoms with Crippen molar-refractivity contribution >= 4 is 40.7 Å². The van der Waals surface area contributed by atoms with Crippen LogP contribution in [0.5, 0.6) is 0 Å². The predicted octanol–water partition coefficient (Wildman–Crippen LogP) is 6.38. The third-order valence-corrected chi connectivity index (χ3v) is 6.39. The van der Waals surface area contributed by atoms with Gasteiger partial charge in [0.15, 0.2) is 0 Å². The lowest BCUT2D eigenvalue weighted by Crippen LogP contribution is -2.31. The average Bonchev–Trinajstić information content (AvgIpc) is 2.61. The SMILES string of the molecule is C=C(c1cncc(CSc2ccc(Cl)cc2Cl)c1)N1CCC(C)CC1. The molecule has 0 spiro atoms. The highest BCUT2D eigenvalue weighted by Gasteiger charge is 2.18. The van der Waals surface area contributed by atoms with Gasteiger partial charge in [-0.3, -0.25) is 4.98 Å². The van der Waals surface area contributed by atoms with Crippen LogP contribution in [0.4, 0.5) is 0 Å². The molecule has 0 atom stereocenters. The summed E-state index contributed by atoms with van der Waals surface area (Å²) in [6.45, 7) is 8.79. The zero-order chi connectivity index (χ0) is 17.8. The molecule has 0 N–H and O–H groups in total. The van der Waals surface area contributed by atoms with E-state index in [-0.39, 0.29) is 0 Å². The molecule has 132 valence electrons. The molecule has 25 heavy (non-hydrogen) atoms. The fraction of sp³-hybridized carbons (Fsp3) is 0.350. The maximum absolute atomic E-state index is 6.25. The van der Waals surface area contributed by atoms with Gasteiger partial charge in [0.25, 0.3) is 0 Å². The first-order valence-corrected chi connectivity index (χ1v) is 10.2. The standard InChI is InChI=1S/C20H22Cl2N2S/c1-14-5-7-24(8-6-14)15(2)17-9-16(11-23-12-17)13-25-20-4-3-18(21)10-19(20)22/h3-4,9-12,14H,2,5-8,13H2,1H3. The van der Waals surface area contributed by atoms with Gasteiger partial charge >= 0.3 is 0 Å². The Balaban J connectivity index is 1.66. The van der Waals surface area contributed by atoms with Crippen molar-refractivity contribution < 1.29 is 0 Å². The molecule has 1 aromatic carbocycles. The third kappa shape index (κ3) is 4.93. The lowest BCUT2D eigenvalue weighted by atomic mass is 9.98. The van der Waals surface area contributed by atoms with Crippen LogP contribution >= 0.6 is 35.0 Å². The fourth-order valence-corrected chi connectivity index (χ4v) is 4.35. The molecule has 1 aromatic heterocycles. The number of pyridine rings is 1. The summed E-state index contributed by atoms with van der Waals surface area (Å²) in [4.78, 5) is 7.82. The molecule has 0 amide bonds. The number of hydrogen-bond donors (Lipinski definition) is 0. The minimum Gasteiger partial charge on any atom is -0.371 e. The number of rotatable bonds is 5. The molecule has 0 bridgehead atoms. The first-order chi connectivity index (χ1) is 12.0. The normalized spacial score (nSPS) is 15.4. The Morgan fingerprint density at radius 2 is 2.00 bits per heavy atom. The summed E-state index contributed by atoms with van der Waals surface area (Å²) in [5.41, 5.74) is 3.35. The van der Waals surface area contributed by atoms with Crippen LogP contribution in [0.3, 0.4) is 0 Å². The number of aromatic nitrogens is 1. The molecule has 1 aliphatic heterocycles. The molecule has 0 aliphatic carbocycles. The van der Waals surface area contributed by atoms with Gasteiger partial charge in [-0.15, -0.1) is 11.8 Å². The lowest BCUT2D eigenvalue weighted by Gasteiger charge is -2.33. The minimum absolute atomic E-state index is 0.658. The van der Waals surface area contributed by atoms with Crippen LogP contribution in [-0.2, 0) is 5.75 Å². The van der Waals surface area contributed by atoms with Crippen LogP contribution in [0.15, 0.2) is 48.1 Å². The van der Waals surface area contributed by atoms with Gasteiger partial charge in [-0.1, -0.05) is 36.7 Å². The molecule has 1 saturated heterocycles. The van der Waals surface area contributed by atoms with E-state index >= 15 is 0 Å². The number of nitrogens with zero attached hydrogens (tertiary/aromatic N) is 2. The number of likely N-dealkylation sites (tertiary alicyclic amines) is 1. The molecule has 5 heteroatoms. The second-order valence-electron chi connectivity index (χ2n) is 6.56. The summed E-state index contributed by atoms with van der Waals surface area (Å²) < 4.78 is 0. The number of benzene rings is 1. The van der Waals surface area contributed by atoms with Gasteiger partial charge < -0.3 is 4.90 Å². The number of piperidine rings is 1. The second kappa shape index (κ2) is 8.48. The molecular formula is C20H22Cl2N2S. The first kappa shape index (κ1) is 18.6. The average molecular weight is 393 g/mol. The second-order valence-corrected chi connectivity index (χ2v) is 8.42. The quantitative estimate of drug-likeness (QED) is 0.548. The molecule has 2 nitrogen and oxygen atoms in total. The summed E-state index contributed by atoms with van der Waals surface area (Å²) in [7, 11) is 0. The topological polar surface area (TPSA) is 16.1 Å². The van der Waals surface area contributed by atoms with Crippen LogP contribution in [0.1, 0.15) is 30.9 Å². The Hall–Kier alpha value is -1.16. The van der Waals surface area contributed by atoms with E-state index in [4.69, 9.17) is 23.2 Å². The molecule has 1 fully saturated rings. The van der Waals surface area contributed by atoms with Gasteiger partial charge in [-0.25, -0.2) is 0 Å². The van der Waals surface area contributed by atoms with E-state index in [0.29, 0.717) is 10.0 Å². The minimum atomic E-state index is 0.658. The highest BCUT2D eigenvalue weighted by Crippen LogP contribution is 2.32. The van der Waals surface area contributed by atoms with E-state index in [9.17, 15) is 0 Å². The van der Waals surface area contributed by atoms with Crippen molar-refractivity contribution in [3.05, 3.63) is 64.4 Å². The predicted molar refractivity (Wildman–Crippen MR) is 109 cm³/mol. The van der Waals surface area contributed by atoms with Crippen molar-refractivity contribution in [3.63, 3.8) is 0 Å². The number of hydrogen-bond acceptors (Lipinski definition) is 3. The van der Waals surface area contributed by atoms with E-state index in [2.05, 4.69) is 29.5 Å². The molecule has 2 heterocycles. The Morgan fingerprint density at radius 1 is 1.24 bits per heavy atom. The van der Waals surface area contributed by atoms with Gasteiger partial charge in [0.2, 0.25) is 0 Å². The van der Waals surface area contributed by atoms with Crippen LogP contribution in [0, 0.1) is 5.92 Å². The Morgan fingerprint density at radius 3 is 2.72 bits per heavy atom. The van der Waals surface area contributed by atoms with E-state index < -0.39 is 0 Å². The summed E-state index contributed by atoms with van der Waals surface area (Å²) >= 11 is 13.9. The monoisotopic (exact) mass is 392 g/mol. The summed E-state index contributed by atoms with van der Waals surface area (Å²) in [6.07, 6.45) is 6.28. The maximum Gasteiger partial charge on any atom is 0.0556 e. The van der Waals surface area contributed by atoms with Gasteiger partial charge in [-0.05, 0) is 48.6 Å². The zero-order valence-electron chi connectivity index (χ0n) is 14.3. The van der Waals surface area contributed by atoms with Gasteiger partial charge in [0, 0.05) is 52.4 Å². The number of halogens is 2.